The summed E-state index contributed by atoms with van der Waals surface area (Å²) in [5, 5.41) is 18.2. The van der Waals surface area contributed by atoms with Gasteiger partial charge in [-0.15, -0.1) is 0 Å². The number of aliphatic hydroxyl groups is 1. The second-order valence-electron chi connectivity index (χ2n) is 10.9. The Morgan fingerprint density at radius 2 is 1.86 bits per heavy atom. The molecule has 37 heavy (non-hydrogen) atoms. The first-order chi connectivity index (χ1) is 16.9. The van der Waals surface area contributed by atoms with Gasteiger partial charge in [-0.3, -0.25) is 14.1 Å². The number of rotatable bonds is 10. The van der Waals surface area contributed by atoms with E-state index in [0.717, 1.165) is 5.56 Å². The van der Waals surface area contributed by atoms with Crippen LogP contribution in [0, 0.1) is 11.3 Å². The van der Waals surface area contributed by atoms with E-state index in [-0.39, 0.29) is 18.9 Å². The highest BCUT2D eigenvalue weighted by Crippen LogP contribution is 2.27. The lowest BCUT2D eigenvalue weighted by molar-refractivity contribution is -0.128. The van der Waals surface area contributed by atoms with Crippen molar-refractivity contribution in [1.82, 2.24) is 16.0 Å². The van der Waals surface area contributed by atoms with Crippen LogP contribution in [0.5, 0.6) is 0 Å². The third-order valence-electron chi connectivity index (χ3n) is 6.24. The summed E-state index contributed by atoms with van der Waals surface area (Å²) >= 11 is 6.06. The molecular weight excluding hydrogens is 526 g/mol. The van der Waals surface area contributed by atoms with Crippen molar-refractivity contribution in [3.8, 4) is 0 Å². The molecule has 1 aromatic carbocycles. The smallest absolute Gasteiger partial charge is 0.407 e. The molecule has 1 heterocycles. The van der Waals surface area contributed by atoms with Gasteiger partial charge < -0.3 is 25.8 Å². The number of benzene rings is 1. The molecule has 1 aromatic rings. The number of halogens is 1. The molecule has 1 aliphatic rings. The van der Waals surface area contributed by atoms with Gasteiger partial charge >= 0.3 is 6.09 Å². The molecule has 1 aliphatic heterocycles. The number of alkyl carbamates (subject to hydrolysis) is 1. The summed E-state index contributed by atoms with van der Waals surface area (Å²) in [6.07, 6.45) is -0.737. The minimum atomic E-state index is -4.96. The summed E-state index contributed by atoms with van der Waals surface area (Å²) in [6.45, 7) is 9.08. The number of hydrogen-bond acceptors (Lipinski definition) is 7. The summed E-state index contributed by atoms with van der Waals surface area (Å²) in [5.41, 5.74) is -2.97. The van der Waals surface area contributed by atoms with E-state index in [4.69, 9.17) is 16.3 Å². The third kappa shape index (κ3) is 8.84. The molecule has 4 atom stereocenters. The van der Waals surface area contributed by atoms with Crippen LogP contribution in [0.1, 0.15) is 53.0 Å². The molecule has 0 aliphatic carbocycles. The topological polar surface area (TPSA) is 171 Å². The van der Waals surface area contributed by atoms with E-state index in [2.05, 4.69) is 16.0 Å². The van der Waals surface area contributed by atoms with Crippen LogP contribution in [-0.4, -0.2) is 66.7 Å². The predicted molar refractivity (Wildman–Crippen MR) is 137 cm³/mol. The third-order valence-corrected chi connectivity index (χ3v) is 7.41. The lowest BCUT2D eigenvalue weighted by Gasteiger charge is -2.33. The summed E-state index contributed by atoms with van der Waals surface area (Å²) in [6, 6.07) is 4.42. The van der Waals surface area contributed by atoms with Crippen LogP contribution in [0.2, 0.25) is 5.02 Å². The van der Waals surface area contributed by atoms with Crippen molar-refractivity contribution < 1.29 is 37.2 Å². The van der Waals surface area contributed by atoms with Crippen LogP contribution in [0.3, 0.4) is 0 Å². The monoisotopic (exact) mass is 561 g/mol. The van der Waals surface area contributed by atoms with Gasteiger partial charge in [-0.05, 0) is 36.0 Å². The Labute approximate surface area is 222 Å². The maximum Gasteiger partial charge on any atom is 0.407 e. The molecule has 0 radical (unpaired) electrons. The van der Waals surface area contributed by atoms with Crippen LogP contribution in [0.15, 0.2) is 24.3 Å². The van der Waals surface area contributed by atoms with Crippen molar-refractivity contribution >= 4 is 39.6 Å². The number of amides is 3. The minimum Gasteiger partial charge on any atom is -0.449 e. The molecule has 0 saturated carbocycles. The largest absolute Gasteiger partial charge is 0.449 e. The van der Waals surface area contributed by atoms with E-state index in [0.29, 0.717) is 18.0 Å². The van der Waals surface area contributed by atoms with Gasteiger partial charge in [0.05, 0.1) is 6.04 Å². The quantitative estimate of drug-likeness (QED) is 0.270. The molecular formula is C24H36ClN3O8S. The molecule has 1 fully saturated rings. The average molecular weight is 562 g/mol. The van der Waals surface area contributed by atoms with Gasteiger partial charge in [-0.1, -0.05) is 58.4 Å². The molecule has 0 spiro atoms. The van der Waals surface area contributed by atoms with Crippen molar-refractivity contribution in [3.63, 3.8) is 0 Å². The van der Waals surface area contributed by atoms with Crippen molar-refractivity contribution in [2.24, 2.45) is 11.3 Å². The fraction of sp³-hybridized carbons (Fsp3) is 0.625. The van der Waals surface area contributed by atoms with Crippen LogP contribution in [-0.2, 0) is 29.9 Å². The van der Waals surface area contributed by atoms with Crippen LogP contribution in [0.25, 0.3) is 0 Å². The van der Waals surface area contributed by atoms with E-state index < -0.39 is 56.4 Å². The SMILES string of the molecule is CC(C)(COC(=O)NC(C(=O)N[C@@H](CC1CCNC1=O)C(O)S(=O)(=O)O)C(C)(C)C)c1cccc(Cl)c1. The van der Waals surface area contributed by atoms with E-state index in [1.54, 1.807) is 39.0 Å². The molecule has 5 N–H and O–H groups in total. The lowest BCUT2D eigenvalue weighted by Crippen LogP contribution is -2.58. The number of carbonyl (C=O) groups excluding carboxylic acids is 3. The maximum atomic E-state index is 13.2. The Morgan fingerprint density at radius 1 is 1.22 bits per heavy atom. The Balaban J connectivity index is 2.14. The van der Waals surface area contributed by atoms with E-state index >= 15 is 0 Å². The molecule has 3 amide bonds. The minimum absolute atomic E-state index is 0.0292. The fourth-order valence-electron chi connectivity index (χ4n) is 3.97. The zero-order valence-electron chi connectivity index (χ0n) is 21.6. The van der Waals surface area contributed by atoms with E-state index in [9.17, 15) is 32.5 Å². The van der Waals surface area contributed by atoms with E-state index in [1.807, 2.05) is 19.9 Å². The van der Waals surface area contributed by atoms with Gasteiger partial charge in [-0.2, -0.15) is 8.42 Å². The zero-order valence-corrected chi connectivity index (χ0v) is 23.1. The summed E-state index contributed by atoms with van der Waals surface area (Å²) in [5.74, 6) is -1.83. The molecule has 208 valence electrons. The van der Waals surface area contributed by atoms with Gasteiger partial charge in [0.25, 0.3) is 10.1 Å². The molecule has 11 nitrogen and oxygen atoms in total. The molecule has 0 aromatic heterocycles. The Hall–Kier alpha value is -2.41. The highest BCUT2D eigenvalue weighted by Gasteiger charge is 2.40. The standard InChI is InChI=1S/C24H36ClN3O8S/c1-23(2,3)18(28-22(32)36-13-24(4,5)15-7-6-8-16(25)12-15)20(30)27-17(21(31)37(33,34)35)11-14-9-10-26-19(14)29/h6-8,12,14,17-18,21,31H,9-11,13H2,1-5H3,(H,26,29)(H,27,30)(H,28,32)(H,33,34,35)/t14?,17-,18?,21?/m0/s1. The summed E-state index contributed by atoms with van der Waals surface area (Å²) < 4.78 is 38.0. The first kappa shape index (κ1) is 30.8. The van der Waals surface area contributed by atoms with Crippen LogP contribution < -0.4 is 16.0 Å². The normalized spacial score (nSPS) is 18.9. The summed E-state index contributed by atoms with van der Waals surface area (Å²) in [7, 11) is -4.96. The van der Waals surface area contributed by atoms with Gasteiger partial charge in [0.15, 0.2) is 0 Å². The second kappa shape index (κ2) is 12.0. The zero-order chi connectivity index (χ0) is 28.2. The van der Waals surface area contributed by atoms with Crippen LogP contribution >= 0.6 is 11.6 Å². The maximum absolute atomic E-state index is 13.2. The Bertz CT molecular complexity index is 1100. The van der Waals surface area contributed by atoms with E-state index in [1.165, 1.54) is 0 Å². The predicted octanol–water partition coefficient (Wildman–Crippen LogP) is 1.98. The number of aliphatic hydroxyl groups excluding tert-OH is 1. The average Bonchev–Trinajstić information content (AvgIpc) is 3.18. The molecule has 2 rings (SSSR count). The summed E-state index contributed by atoms with van der Waals surface area (Å²) in [4.78, 5) is 37.9. The van der Waals surface area contributed by atoms with Gasteiger partial charge in [0, 0.05) is 22.9 Å². The highest BCUT2D eigenvalue weighted by molar-refractivity contribution is 7.86. The number of hydrogen-bond donors (Lipinski definition) is 5. The first-order valence-electron chi connectivity index (χ1n) is 11.8. The number of ether oxygens (including phenoxy) is 1. The van der Waals surface area contributed by atoms with Crippen LogP contribution in [0.4, 0.5) is 4.79 Å². The van der Waals surface area contributed by atoms with Gasteiger partial charge in [0.1, 0.15) is 12.6 Å². The van der Waals surface area contributed by atoms with Crippen molar-refractivity contribution in [2.45, 2.75) is 70.4 Å². The highest BCUT2D eigenvalue weighted by atomic mass is 35.5. The second-order valence-corrected chi connectivity index (χ2v) is 12.9. The molecule has 3 unspecified atom stereocenters. The number of nitrogens with one attached hydrogen (secondary N) is 3. The van der Waals surface area contributed by atoms with Crippen molar-refractivity contribution in [2.75, 3.05) is 13.2 Å². The van der Waals surface area contributed by atoms with Gasteiger partial charge in [-0.25, -0.2) is 4.79 Å². The van der Waals surface area contributed by atoms with Gasteiger partial charge in [0.2, 0.25) is 17.3 Å². The molecule has 0 bridgehead atoms. The lowest BCUT2D eigenvalue weighted by atomic mass is 9.85. The van der Waals surface area contributed by atoms with Crippen molar-refractivity contribution in [3.05, 3.63) is 34.9 Å². The van der Waals surface area contributed by atoms with Crippen molar-refractivity contribution in [1.29, 1.82) is 0 Å². The fourth-order valence-corrected chi connectivity index (χ4v) is 4.75. The molecule has 13 heteroatoms. The Morgan fingerprint density at radius 3 is 2.38 bits per heavy atom. The number of carbonyl (C=O) groups is 3. The first-order valence-corrected chi connectivity index (χ1v) is 13.7. The molecule has 1 saturated heterocycles. The Kier molecular flexibility index (Phi) is 9.97.